The van der Waals surface area contributed by atoms with Crippen LogP contribution in [0, 0.1) is 0 Å². The largest absolute Gasteiger partial charge is 0.507 e. The van der Waals surface area contributed by atoms with Gasteiger partial charge in [-0.15, -0.1) is 0 Å². The van der Waals surface area contributed by atoms with Crippen LogP contribution in [0.5, 0.6) is 5.75 Å². The minimum Gasteiger partial charge on any atom is -0.507 e. The minimum absolute atomic E-state index is 0.0244. The number of hydrogen-bond acceptors (Lipinski definition) is 5. The maximum absolute atomic E-state index is 12.2. The van der Waals surface area contributed by atoms with Crippen molar-refractivity contribution in [2.45, 2.75) is 0 Å². The number of aromatic hydroxyl groups is 1. The highest BCUT2D eigenvalue weighted by molar-refractivity contribution is 7.80. The molecule has 0 unspecified atom stereocenters. The van der Waals surface area contributed by atoms with Crippen molar-refractivity contribution in [2.24, 2.45) is 0 Å². The van der Waals surface area contributed by atoms with Gasteiger partial charge in [-0.2, -0.15) is 0 Å². The molecule has 3 aromatic carbocycles. The smallest absolute Gasteiger partial charge is 0.257 e. The number of amides is 1. The van der Waals surface area contributed by atoms with Gasteiger partial charge in [0, 0.05) is 11.3 Å². The van der Waals surface area contributed by atoms with E-state index in [0.29, 0.717) is 33.8 Å². The van der Waals surface area contributed by atoms with E-state index in [1.807, 2.05) is 24.3 Å². The molecule has 0 fully saturated rings. The van der Waals surface area contributed by atoms with E-state index in [9.17, 15) is 9.90 Å². The molecule has 4 rings (SSSR count). The van der Waals surface area contributed by atoms with E-state index < -0.39 is 0 Å². The minimum atomic E-state index is -0.309. The van der Waals surface area contributed by atoms with Crippen molar-refractivity contribution in [2.75, 3.05) is 5.32 Å². The maximum atomic E-state index is 12.2. The van der Waals surface area contributed by atoms with Gasteiger partial charge in [-0.3, -0.25) is 10.1 Å². The van der Waals surface area contributed by atoms with Crippen LogP contribution in [-0.4, -0.2) is 21.1 Å². The lowest BCUT2D eigenvalue weighted by Crippen LogP contribution is -2.34. The van der Waals surface area contributed by atoms with Gasteiger partial charge in [-0.25, -0.2) is 4.98 Å². The average Bonchev–Trinajstić information content (AvgIpc) is 3.14. The van der Waals surface area contributed by atoms with Gasteiger partial charge in [0.2, 0.25) is 5.89 Å². The number of aromatic nitrogens is 1. The van der Waals surface area contributed by atoms with Crippen molar-refractivity contribution in [3.8, 4) is 17.2 Å². The lowest BCUT2D eigenvalue weighted by atomic mass is 10.1. The van der Waals surface area contributed by atoms with Crippen LogP contribution < -0.4 is 10.6 Å². The molecule has 1 aromatic heterocycles. The van der Waals surface area contributed by atoms with E-state index in [1.165, 1.54) is 6.07 Å². The summed E-state index contributed by atoms with van der Waals surface area (Å²) in [6.45, 7) is 0. The standard InChI is InChI=1S/C21H15N3O3S/c25-17-11-10-14(22-21(28)24-19(26)13-6-2-1-3-7-13)12-15(17)20-23-16-8-4-5-9-18(16)27-20/h1-12,25H,(H2,22,24,26,28). The predicted octanol–water partition coefficient (Wildman–Crippen LogP) is 4.33. The van der Waals surface area contributed by atoms with Crippen LogP contribution in [0.25, 0.3) is 22.6 Å². The number of benzene rings is 3. The van der Waals surface area contributed by atoms with Crippen molar-refractivity contribution in [3.63, 3.8) is 0 Å². The zero-order valence-electron chi connectivity index (χ0n) is 14.5. The maximum Gasteiger partial charge on any atom is 0.257 e. The Morgan fingerprint density at radius 3 is 2.54 bits per heavy atom. The second-order valence-corrected chi connectivity index (χ2v) is 6.40. The molecule has 0 aliphatic rings. The topological polar surface area (TPSA) is 87.4 Å². The molecule has 0 saturated carbocycles. The fraction of sp³-hybridized carbons (Fsp3) is 0. The second-order valence-electron chi connectivity index (χ2n) is 5.99. The molecule has 1 amide bonds. The summed E-state index contributed by atoms with van der Waals surface area (Å²) >= 11 is 5.21. The van der Waals surface area contributed by atoms with Crippen LogP contribution in [0.4, 0.5) is 5.69 Å². The summed E-state index contributed by atoms with van der Waals surface area (Å²) in [6.07, 6.45) is 0. The summed E-state index contributed by atoms with van der Waals surface area (Å²) in [7, 11) is 0. The number of carbonyl (C=O) groups excluding carboxylic acids is 1. The Labute approximate surface area is 165 Å². The van der Waals surface area contributed by atoms with Crippen molar-refractivity contribution in [1.29, 1.82) is 0 Å². The molecule has 4 aromatic rings. The van der Waals surface area contributed by atoms with Gasteiger partial charge in [0.25, 0.3) is 5.91 Å². The van der Waals surface area contributed by atoms with Gasteiger partial charge < -0.3 is 14.8 Å². The third-order valence-corrected chi connectivity index (χ3v) is 4.25. The summed E-state index contributed by atoms with van der Waals surface area (Å²) in [4.78, 5) is 16.6. The first kappa shape index (κ1) is 17.7. The van der Waals surface area contributed by atoms with Gasteiger partial charge in [0.15, 0.2) is 10.7 Å². The quantitative estimate of drug-likeness (QED) is 0.357. The number of nitrogens with one attached hydrogen (secondary N) is 2. The number of nitrogens with zero attached hydrogens (tertiary/aromatic N) is 1. The van der Waals surface area contributed by atoms with Crippen molar-refractivity contribution < 1.29 is 14.3 Å². The van der Waals surface area contributed by atoms with Gasteiger partial charge >= 0.3 is 0 Å². The summed E-state index contributed by atoms with van der Waals surface area (Å²) in [5, 5.41) is 15.9. The molecule has 138 valence electrons. The summed E-state index contributed by atoms with van der Waals surface area (Å²) in [5.41, 5.74) is 2.82. The second kappa shape index (κ2) is 7.50. The molecule has 0 atom stereocenters. The number of phenolic OH excluding ortho intramolecular Hbond substituents is 1. The average molecular weight is 389 g/mol. The number of anilines is 1. The molecule has 6 nitrogen and oxygen atoms in total. The van der Waals surface area contributed by atoms with Gasteiger partial charge in [-0.05, 0) is 54.7 Å². The van der Waals surface area contributed by atoms with Crippen LogP contribution in [0.3, 0.4) is 0 Å². The molecule has 28 heavy (non-hydrogen) atoms. The number of carbonyl (C=O) groups is 1. The number of phenols is 1. The molecular formula is C21H15N3O3S. The molecular weight excluding hydrogens is 374 g/mol. The number of para-hydroxylation sites is 2. The Morgan fingerprint density at radius 2 is 1.75 bits per heavy atom. The van der Waals surface area contributed by atoms with E-state index in [-0.39, 0.29) is 16.8 Å². The number of fused-ring (bicyclic) bond motifs is 1. The van der Waals surface area contributed by atoms with E-state index in [1.54, 1.807) is 42.5 Å². The number of rotatable bonds is 3. The van der Waals surface area contributed by atoms with E-state index >= 15 is 0 Å². The normalized spacial score (nSPS) is 10.6. The van der Waals surface area contributed by atoms with Gasteiger partial charge in [0.05, 0.1) is 5.56 Å². The van der Waals surface area contributed by atoms with Crippen LogP contribution >= 0.6 is 12.2 Å². The monoisotopic (exact) mass is 389 g/mol. The molecule has 0 radical (unpaired) electrons. The van der Waals surface area contributed by atoms with Crippen LogP contribution in [-0.2, 0) is 0 Å². The number of thiocarbonyl (C=S) groups is 1. The van der Waals surface area contributed by atoms with Crippen molar-refractivity contribution >= 4 is 40.0 Å². The summed E-state index contributed by atoms with van der Waals surface area (Å²) in [5.74, 6) is 0.00832. The van der Waals surface area contributed by atoms with Crippen molar-refractivity contribution in [3.05, 3.63) is 78.4 Å². The number of hydrogen-bond donors (Lipinski definition) is 3. The van der Waals surface area contributed by atoms with Crippen molar-refractivity contribution in [1.82, 2.24) is 10.3 Å². The molecule has 0 aliphatic carbocycles. The Kier molecular flexibility index (Phi) is 4.74. The number of oxazole rings is 1. The summed E-state index contributed by atoms with van der Waals surface area (Å²) < 4.78 is 5.72. The first-order valence-corrected chi connectivity index (χ1v) is 8.87. The molecule has 7 heteroatoms. The Balaban J connectivity index is 1.53. The van der Waals surface area contributed by atoms with Crippen LogP contribution in [0.1, 0.15) is 10.4 Å². The zero-order valence-corrected chi connectivity index (χ0v) is 15.4. The third-order valence-electron chi connectivity index (χ3n) is 4.04. The molecule has 0 saturated heterocycles. The third kappa shape index (κ3) is 3.70. The van der Waals surface area contributed by atoms with Gasteiger partial charge in [-0.1, -0.05) is 30.3 Å². The Bertz CT molecular complexity index is 1140. The van der Waals surface area contributed by atoms with Gasteiger partial charge in [0.1, 0.15) is 11.3 Å². The molecule has 1 heterocycles. The van der Waals surface area contributed by atoms with E-state index in [2.05, 4.69) is 15.6 Å². The first-order chi connectivity index (χ1) is 13.6. The fourth-order valence-electron chi connectivity index (χ4n) is 2.70. The lowest BCUT2D eigenvalue weighted by Gasteiger charge is -2.11. The summed E-state index contributed by atoms with van der Waals surface area (Å²) in [6, 6.07) is 20.9. The first-order valence-electron chi connectivity index (χ1n) is 8.46. The molecule has 0 spiro atoms. The molecule has 0 aliphatic heterocycles. The van der Waals surface area contributed by atoms with Crippen LogP contribution in [0.2, 0.25) is 0 Å². The molecule has 0 bridgehead atoms. The fourth-order valence-corrected chi connectivity index (χ4v) is 2.91. The highest BCUT2D eigenvalue weighted by Gasteiger charge is 2.14. The van der Waals surface area contributed by atoms with E-state index in [4.69, 9.17) is 16.6 Å². The van der Waals surface area contributed by atoms with E-state index in [0.717, 1.165) is 0 Å². The lowest BCUT2D eigenvalue weighted by molar-refractivity contribution is 0.0977. The Hall–Kier alpha value is -3.71. The Morgan fingerprint density at radius 1 is 1.00 bits per heavy atom. The van der Waals surface area contributed by atoms with Crippen LogP contribution in [0.15, 0.2) is 77.2 Å². The highest BCUT2D eigenvalue weighted by atomic mass is 32.1. The highest BCUT2D eigenvalue weighted by Crippen LogP contribution is 2.33. The molecule has 3 N–H and O–H groups in total. The SMILES string of the molecule is O=C(NC(=S)Nc1ccc(O)c(-c2nc3ccccc3o2)c1)c1ccccc1. The predicted molar refractivity (Wildman–Crippen MR) is 111 cm³/mol. The zero-order chi connectivity index (χ0) is 19.5.